The van der Waals surface area contributed by atoms with Crippen LogP contribution in [0.3, 0.4) is 0 Å². The van der Waals surface area contributed by atoms with E-state index in [4.69, 9.17) is 4.42 Å². The van der Waals surface area contributed by atoms with E-state index in [9.17, 15) is 40.2 Å². The van der Waals surface area contributed by atoms with Crippen LogP contribution in [0.1, 0.15) is 22.7 Å². The molecule has 14 heteroatoms. The highest BCUT2D eigenvalue weighted by molar-refractivity contribution is 5.85. The molecule has 0 saturated heterocycles. The van der Waals surface area contributed by atoms with Crippen LogP contribution in [-0.4, -0.2) is 26.5 Å². The van der Waals surface area contributed by atoms with Gasteiger partial charge in [0.15, 0.2) is 34.7 Å². The average molecular weight is 609 g/mol. The number of aliphatic hydroxyl groups is 1. The van der Waals surface area contributed by atoms with E-state index in [-0.39, 0.29) is 39.7 Å². The number of aliphatic hydroxyl groups excluding tert-OH is 1. The Hall–Kier alpha value is -4.72. The minimum atomic E-state index is -4.76. The molecule has 6 nitrogen and oxygen atoms in total. The van der Waals surface area contributed by atoms with E-state index in [1.807, 2.05) is 0 Å². The second-order valence-corrected chi connectivity index (χ2v) is 9.35. The quantitative estimate of drug-likeness (QED) is 0.189. The van der Waals surface area contributed by atoms with Gasteiger partial charge in [-0.25, -0.2) is 22.8 Å². The Kier molecular flexibility index (Phi) is 7.73. The molecule has 0 saturated carbocycles. The Morgan fingerprint density at radius 2 is 1.58 bits per heavy atom. The molecular formula is C29H19F8N3O3. The Morgan fingerprint density at radius 1 is 0.907 bits per heavy atom. The van der Waals surface area contributed by atoms with E-state index >= 15 is 0 Å². The number of alkyl halides is 5. The highest BCUT2D eigenvalue weighted by Gasteiger charge is 2.34. The van der Waals surface area contributed by atoms with Gasteiger partial charge in [-0.15, -0.1) is 0 Å². The zero-order valence-corrected chi connectivity index (χ0v) is 22.1. The van der Waals surface area contributed by atoms with Gasteiger partial charge in [-0.3, -0.25) is 0 Å². The summed E-state index contributed by atoms with van der Waals surface area (Å²) in [4.78, 5) is 4.18. The summed E-state index contributed by atoms with van der Waals surface area (Å²) < 4.78 is 120. The number of oxazole rings is 1. The number of halogens is 8. The summed E-state index contributed by atoms with van der Waals surface area (Å²) in [5, 5.41) is 13.1. The van der Waals surface area contributed by atoms with Crippen molar-refractivity contribution >= 4 is 0 Å². The summed E-state index contributed by atoms with van der Waals surface area (Å²) in [5.41, 5.74) is -0.378. The van der Waals surface area contributed by atoms with Gasteiger partial charge in [0.2, 0.25) is 0 Å². The third kappa shape index (κ3) is 5.82. The van der Waals surface area contributed by atoms with E-state index < -0.39 is 48.3 Å². The van der Waals surface area contributed by atoms with Gasteiger partial charge in [-0.05, 0) is 60.0 Å². The fraction of sp³-hybridized carbons (Fsp3) is 0.172. The molecule has 0 spiro atoms. The van der Waals surface area contributed by atoms with Crippen molar-refractivity contribution in [2.45, 2.75) is 33.2 Å². The van der Waals surface area contributed by atoms with E-state index in [0.29, 0.717) is 28.8 Å². The first-order valence-corrected chi connectivity index (χ1v) is 12.4. The van der Waals surface area contributed by atoms with Crippen LogP contribution in [0.5, 0.6) is 5.75 Å². The highest BCUT2D eigenvalue weighted by atomic mass is 19.4. The first-order chi connectivity index (χ1) is 20.3. The molecule has 5 rings (SSSR count). The zero-order valence-electron chi connectivity index (χ0n) is 22.1. The first kappa shape index (κ1) is 29.8. The minimum absolute atomic E-state index is 0.0132. The second kappa shape index (κ2) is 11.2. The monoisotopic (exact) mass is 609 g/mol. The van der Waals surface area contributed by atoms with Crippen molar-refractivity contribution in [2.75, 3.05) is 0 Å². The molecule has 5 aromatic rings. The van der Waals surface area contributed by atoms with Gasteiger partial charge in [0, 0.05) is 29.8 Å². The number of hydrogen-bond donors (Lipinski definition) is 1. The molecular weight excluding hydrogens is 590 g/mol. The number of nitrogens with zero attached hydrogens (tertiary/aromatic N) is 3. The van der Waals surface area contributed by atoms with Crippen molar-refractivity contribution in [1.29, 1.82) is 0 Å². The summed E-state index contributed by atoms with van der Waals surface area (Å²) in [5.74, 6) is -5.12. The van der Waals surface area contributed by atoms with Crippen LogP contribution in [0.4, 0.5) is 35.1 Å². The lowest BCUT2D eigenvalue weighted by Crippen LogP contribution is -2.08. The Labute approximate surface area is 237 Å². The molecule has 0 radical (unpaired) electrons. The zero-order chi connectivity index (χ0) is 31.2. The predicted molar refractivity (Wildman–Crippen MR) is 137 cm³/mol. The lowest BCUT2D eigenvalue weighted by molar-refractivity contribution is -0.141. The van der Waals surface area contributed by atoms with Gasteiger partial charge in [0.05, 0.1) is 12.3 Å². The molecule has 224 valence electrons. The van der Waals surface area contributed by atoms with Crippen LogP contribution in [0.2, 0.25) is 0 Å². The summed E-state index contributed by atoms with van der Waals surface area (Å²) in [6.07, 6.45) is -3.72. The Bertz CT molecular complexity index is 1780. The smallest absolute Gasteiger partial charge is 0.435 e. The van der Waals surface area contributed by atoms with Gasteiger partial charge in [-0.2, -0.15) is 27.1 Å². The molecule has 0 aliphatic carbocycles. The first-order valence-electron chi connectivity index (χ1n) is 12.4. The summed E-state index contributed by atoms with van der Waals surface area (Å²) in [6, 6.07) is 9.16. The fourth-order valence-corrected chi connectivity index (χ4v) is 4.55. The number of hydrogen-bond acceptors (Lipinski definition) is 5. The third-order valence-electron chi connectivity index (χ3n) is 6.49. The van der Waals surface area contributed by atoms with E-state index in [0.717, 1.165) is 23.0 Å². The molecule has 0 fully saturated rings. The van der Waals surface area contributed by atoms with Crippen molar-refractivity contribution in [3.63, 3.8) is 0 Å². The van der Waals surface area contributed by atoms with Gasteiger partial charge in [-0.1, -0.05) is 12.1 Å². The van der Waals surface area contributed by atoms with Crippen LogP contribution < -0.4 is 4.74 Å². The summed E-state index contributed by atoms with van der Waals surface area (Å²) in [6.45, 7) is -1.06. The molecule has 0 aliphatic rings. The van der Waals surface area contributed by atoms with Gasteiger partial charge in [0.25, 0.3) is 0 Å². The number of aryl methyl sites for hydroxylation is 2. The third-order valence-corrected chi connectivity index (χ3v) is 6.49. The minimum Gasteiger partial charge on any atom is -0.440 e. The maximum absolute atomic E-state index is 14.7. The van der Waals surface area contributed by atoms with Crippen molar-refractivity contribution in [2.24, 2.45) is 0 Å². The number of ether oxygens (including phenoxy) is 1. The van der Waals surface area contributed by atoms with Crippen molar-refractivity contribution in [3.05, 3.63) is 94.9 Å². The molecule has 3 aromatic carbocycles. The van der Waals surface area contributed by atoms with E-state index in [1.165, 1.54) is 25.1 Å². The predicted octanol–water partition coefficient (Wildman–Crippen LogP) is 8.01. The molecule has 0 amide bonds. The van der Waals surface area contributed by atoms with Crippen LogP contribution >= 0.6 is 0 Å². The van der Waals surface area contributed by atoms with Crippen molar-refractivity contribution in [3.8, 4) is 45.1 Å². The molecule has 0 atom stereocenters. The normalized spacial score (nSPS) is 11.9. The number of aromatic nitrogens is 3. The van der Waals surface area contributed by atoms with Crippen LogP contribution in [0.15, 0.2) is 59.1 Å². The van der Waals surface area contributed by atoms with Crippen LogP contribution in [-0.2, 0) is 12.8 Å². The maximum atomic E-state index is 14.7. The van der Waals surface area contributed by atoms with Crippen LogP contribution in [0.25, 0.3) is 39.4 Å². The number of rotatable bonds is 7. The fourth-order valence-electron chi connectivity index (χ4n) is 4.55. The molecule has 1 N–H and O–H groups in total. The topological polar surface area (TPSA) is 73.3 Å². The molecule has 2 heterocycles. The van der Waals surface area contributed by atoms with Gasteiger partial charge >= 0.3 is 12.8 Å². The largest absolute Gasteiger partial charge is 0.440 e. The standard InChI is InChI=1S/C29H19F8N3O3/c1-13-7-16(9-20(30)19(13)12-41)15-3-4-23(40-6-5-24(39-40)29(35,36)37)18(8-15)26-25(38-14(2)42-26)17-10-21(31)27(22(32)11-17)43-28(33)34/h3-11,28,41H,12H2,1-2H3. The SMILES string of the molecule is Cc1nc(-c2cc(F)c(OC(F)F)c(F)c2)c(-c2cc(-c3cc(C)c(CO)c(F)c3)ccc2-n2ccc(C(F)(F)F)n2)o1. The second-order valence-electron chi connectivity index (χ2n) is 9.35. The Balaban J connectivity index is 1.74. The molecule has 2 aromatic heterocycles. The highest BCUT2D eigenvalue weighted by Crippen LogP contribution is 2.40. The lowest BCUT2D eigenvalue weighted by Gasteiger charge is -2.14. The molecule has 43 heavy (non-hydrogen) atoms. The van der Waals surface area contributed by atoms with Crippen LogP contribution in [0, 0.1) is 31.3 Å². The van der Waals surface area contributed by atoms with Crippen molar-refractivity contribution < 1.29 is 49.4 Å². The molecule has 0 bridgehead atoms. The summed E-state index contributed by atoms with van der Waals surface area (Å²) >= 11 is 0. The molecule has 0 aliphatic heterocycles. The molecule has 0 unspecified atom stereocenters. The van der Waals surface area contributed by atoms with E-state index in [1.54, 1.807) is 13.0 Å². The maximum Gasteiger partial charge on any atom is 0.435 e. The van der Waals surface area contributed by atoms with Gasteiger partial charge in [0.1, 0.15) is 11.5 Å². The van der Waals surface area contributed by atoms with E-state index in [2.05, 4.69) is 14.8 Å². The van der Waals surface area contributed by atoms with Gasteiger partial charge < -0.3 is 14.3 Å². The average Bonchev–Trinajstić information content (AvgIpc) is 3.57. The Morgan fingerprint density at radius 3 is 2.16 bits per heavy atom. The number of benzene rings is 3. The van der Waals surface area contributed by atoms with Crippen molar-refractivity contribution in [1.82, 2.24) is 14.8 Å². The summed E-state index contributed by atoms with van der Waals surface area (Å²) in [7, 11) is 0. The lowest BCUT2D eigenvalue weighted by atomic mass is 9.96.